The van der Waals surface area contributed by atoms with E-state index in [1.165, 1.54) is 18.2 Å². The van der Waals surface area contributed by atoms with Gasteiger partial charge in [0.2, 0.25) is 5.91 Å². The molecule has 1 amide bonds. The van der Waals surface area contributed by atoms with E-state index < -0.39 is 0 Å². The summed E-state index contributed by atoms with van der Waals surface area (Å²) in [6.07, 6.45) is 4.88. The van der Waals surface area contributed by atoms with Crippen molar-refractivity contribution in [1.82, 2.24) is 10.3 Å². The van der Waals surface area contributed by atoms with Crippen LogP contribution >= 0.6 is 0 Å². The minimum absolute atomic E-state index is 0.143. The summed E-state index contributed by atoms with van der Waals surface area (Å²) in [6, 6.07) is 9.89. The van der Waals surface area contributed by atoms with Crippen molar-refractivity contribution in [2.75, 3.05) is 0 Å². The van der Waals surface area contributed by atoms with Crippen LogP contribution in [0.3, 0.4) is 0 Å². The van der Waals surface area contributed by atoms with Crippen molar-refractivity contribution in [2.45, 2.75) is 26.3 Å². The molecular formula is C18H19FN2O. The normalized spacial score (nSPS) is 11.6. The van der Waals surface area contributed by atoms with Gasteiger partial charge in [-0.2, -0.15) is 0 Å². The summed E-state index contributed by atoms with van der Waals surface area (Å²) in [4.78, 5) is 16.0. The summed E-state index contributed by atoms with van der Waals surface area (Å²) in [6.45, 7) is 5.79. The predicted octanol–water partition coefficient (Wildman–Crippen LogP) is 3.82. The van der Waals surface area contributed by atoms with Gasteiger partial charge in [-0.1, -0.05) is 6.07 Å². The number of carbonyl (C=O) groups excluding carboxylic acids is 1. The van der Waals surface area contributed by atoms with Crippen molar-refractivity contribution < 1.29 is 9.18 Å². The summed E-state index contributed by atoms with van der Waals surface area (Å²) in [5.41, 5.74) is 2.18. The third-order valence-corrected chi connectivity index (χ3v) is 2.85. The van der Waals surface area contributed by atoms with E-state index in [1.807, 2.05) is 32.9 Å². The molecule has 0 fully saturated rings. The molecule has 0 radical (unpaired) electrons. The number of rotatable bonds is 3. The standard InChI is InChI=1S/C18H19FN2O/c1-18(2,3)21-17(22)11-5-13-4-10-16(20-12-13)14-6-8-15(19)9-7-14/h4-12H,1-3H3,(H,21,22). The first-order valence-electron chi connectivity index (χ1n) is 7.06. The summed E-state index contributed by atoms with van der Waals surface area (Å²) in [7, 11) is 0. The Labute approximate surface area is 129 Å². The highest BCUT2D eigenvalue weighted by molar-refractivity contribution is 5.92. The number of nitrogens with one attached hydrogen (secondary N) is 1. The number of benzene rings is 1. The topological polar surface area (TPSA) is 42.0 Å². The molecule has 22 heavy (non-hydrogen) atoms. The molecule has 0 aliphatic rings. The van der Waals surface area contributed by atoms with E-state index in [4.69, 9.17) is 0 Å². The Morgan fingerprint density at radius 3 is 2.36 bits per heavy atom. The first-order valence-corrected chi connectivity index (χ1v) is 7.06. The van der Waals surface area contributed by atoms with Gasteiger partial charge >= 0.3 is 0 Å². The molecule has 1 heterocycles. The Morgan fingerprint density at radius 2 is 1.82 bits per heavy atom. The lowest BCUT2D eigenvalue weighted by Crippen LogP contribution is -2.39. The van der Waals surface area contributed by atoms with E-state index in [-0.39, 0.29) is 17.3 Å². The SMILES string of the molecule is CC(C)(C)NC(=O)C=Cc1ccc(-c2ccc(F)cc2)nc1. The van der Waals surface area contributed by atoms with Crippen LogP contribution in [0.2, 0.25) is 0 Å². The number of hydrogen-bond acceptors (Lipinski definition) is 2. The van der Waals surface area contributed by atoms with Crippen molar-refractivity contribution >= 4 is 12.0 Å². The quantitative estimate of drug-likeness (QED) is 0.875. The van der Waals surface area contributed by atoms with E-state index in [1.54, 1.807) is 24.4 Å². The molecule has 0 unspecified atom stereocenters. The van der Waals surface area contributed by atoms with E-state index >= 15 is 0 Å². The lowest BCUT2D eigenvalue weighted by Gasteiger charge is -2.18. The molecule has 0 spiro atoms. The van der Waals surface area contributed by atoms with Crippen molar-refractivity contribution in [2.24, 2.45) is 0 Å². The van der Waals surface area contributed by atoms with Crippen molar-refractivity contribution in [3.8, 4) is 11.3 Å². The molecule has 1 N–H and O–H groups in total. The number of amides is 1. The molecule has 114 valence electrons. The number of nitrogens with zero attached hydrogens (tertiary/aromatic N) is 1. The van der Waals surface area contributed by atoms with Crippen LogP contribution in [0.5, 0.6) is 0 Å². The first-order chi connectivity index (χ1) is 10.3. The predicted molar refractivity (Wildman–Crippen MR) is 86.6 cm³/mol. The average Bonchev–Trinajstić information content (AvgIpc) is 2.45. The second-order valence-corrected chi connectivity index (χ2v) is 6.06. The molecule has 2 rings (SSSR count). The van der Waals surface area contributed by atoms with Crippen LogP contribution in [0.15, 0.2) is 48.7 Å². The van der Waals surface area contributed by atoms with Gasteiger partial charge in [0.05, 0.1) is 5.69 Å². The third kappa shape index (κ3) is 4.81. The molecule has 0 aliphatic carbocycles. The van der Waals surface area contributed by atoms with Gasteiger partial charge in [-0.05, 0) is 62.7 Å². The van der Waals surface area contributed by atoms with Crippen LogP contribution in [0.4, 0.5) is 4.39 Å². The first kappa shape index (κ1) is 15.9. The number of halogens is 1. The van der Waals surface area contributed by atoms with Crippen molar-refractivity contribution in [3.05, 3.63) is 60.1 Å². The lowest BCUT2D eigenvalue weighted by atomic mass is 10.1. The Morgan fingerprint density at radius 1 is 1.14 bits per heavy atom. The smallest absolute Gasteiger partial charge is 0.244 e. The largest absolute Gasteiger partial charge is 0.348 e. The minimum Gasteiger partial charge on any atom is -0.348 e. The van der Waals surface area contributed by atoms with Crippen LogP contribution in [-0.4, -0.2) is 16.4 Å². The Hall–Kier alpha value is -2.49. The maximum atomic E-state index is 12.9. The molecule has 0 saturated carbocycles. The van der Waals surface area contributed by atoms with Crippen molar-refractivity contribution in [3.63, 3.8) is 0 Å². The highest BCUT2D eigenvalue weighted by Gasteiger charge is 2.11. The molecule has 1 aromatic carbocycles. The van der Waals surface area contributed by atoms with E-state index in [9.17, 15) is 9.18 Å². The van der Waals surface area contributed by atoms with E-state index in [2.05, 4.69) is 10.3 Å². The molecule has 3 nitrogen and oxygen atoms in total. The van der Waals surface area contributed by atoms with Gasteiger partial charge in [-0.3, -0.25) is 9.78 Å². The summed E-state index contributed by atoms with van der Waals surface area (Å²) >= 11 is 0. The molecule has 0 atom stereocenters. The van der Waals surface area contributed by atoms with E-state index in [0.29, 0.717) is 0 Å². The van der Waals surface area contributed by atoms with Crippen molar-refractivity contribution in [1.29, 1.82) is 0 Å². The summed E-state index contributed by atoms with van der Waals surface area (Å²) in [5.74, 6) is -0.414. The molecule has 1 aromatic heterocycles. The highest BCUT2D eigenvalue weighted by atomic mass is 19.1. The number of aromatic nitrogens is 1. The van der Waals surface area contributed by atoms with Gasteiger partial charge in [0.1, 0.15) is 5.82 Å². The Balaban J connectivity index is 2.06. The summed E-state index contributed by atoms with van der Waals surface area (Å²) in [5, 5.41) is 2.85. The molecule has 2 aromatic rings. The maximum absolute atomic E-state index is 12.9. The molecular weight excluding hydrogens is 279 g/mol. The fraction of sp³-hybridized carbons (Fsp3) is 0.222. The van der Waals surface area contributed by atoms with Crippen LogP contribution in [0.25, 0.3) is 17.3 Å². The Kier molecular flexibility index (Phi) is 4.71. The van der Waals surface area contributed by atoms with E-state index in [0.717, 1.165) is 16.8 Å². The second-order valence-electron chi connectivity index (χ2n) is 6.06. The third-order valence-electron chi connectivity index (χ3n) is 2.85. The van der Waals surface area contributed by atoms with Crippen LogP contribution in [0, 0.1) is 5.82 Å². The fourth-order valence-electron chi connectivity index (χ4n) is 1.88. The maximum Gasteiger partial charge on any atom is 0.244 e. The van der Waals surface area contributed by atoms with Gasteiger partial charge in [-0.15, -0.1) is 0 Å². The van der Waals surface area contributed by atoms with Gasteiger partial charge < -0.3 is 5.32 Å². The Bertz CT molecular complexity index is 668. The lowest BCUT2D eigenvalue weighted by molar-refractivity contribution is -0.117. The van der Waals surface area contributed by atoms with Crippen LogP contribution in [-0.2, 0) is 4.79 Å². The van der Waals surface area contributed by atoms with Gasteiger partial charge in [0, 0.05) is 23.4 Å². The van der Waals surface area contributed by atoms with Gasteiger partial charge in [0.25, 0.3) is 0 Å². The highest BCUT2D eigenvalue weighted by Crippen LogP contribution is 2.17. The minimum atomic E-state index is -0.270. The molecule has 4 heteroatoms. The van der Waals surface area contributed by atoms with Crippen LogP contribution < -0.4 is 5.32 Å². The van der Waals surface area contributed by atoms with Gasteiger partial charge in [-0.25, -0.2) is 4.39 Å². The molecule has 0 bridgehead atoms. The number of hydrogen-bond donors (Lipinski definition) is 1. The van der Waals surface area contributed by atoms with Gasteiger partial charge in [0.15, 0.2) is 0 Å². The summed E-state index contributed by atoms with van der Waals surface area (Å²) < 4.78 is 12.9. The molecule has 0 saturated heterocycles. The zero-order chi connectivity index (χ0) is 16.2. The fourth-order valence-corrected chi connectivity index (χ4v) is 1.88. The number of pyridine rings is 1. The number of carbonyl (C=O) groups is 1. The average molecular weight is 298 g/mol. The zero-order valence-corrected chi connectivity index (χ0v) is 12.9. The zero-order valence-electron chi connectivity index (χ0n) is 12.9. The second kappa shape index (κ2) is 6.52. The monoisotopic (exact) mass is 298 g/mol. The molecule has 0 aliphatic heterocycles. The van der Waals surface area contributed by atoms with Crippen LogP contribution in [0.1, 0.15) is 26.3 Å².